The smallest absolute Gasteiger partial charge is 0.338 e. The molecule has 9 nitrogen and oxygen atoms in total. The number of pyridine rings is 1. The van der Waals surface area contributed by atoms with Crippen LogP contribution in [0.15, 0.2) is 35.1 Å². The number of aromatic amines is 1. The van der Waals surface area contributed by atoms with Crippen LogP contribution in [-0.4, -0.2) is 58.5 Å². The standard InChI is InChI=1S/C28H32F3N5O4/c1-26(2,3)21(35-25(40)28(29,30)31)24(39)36-13-17-19(27(17,4)5)20(36)23(38)33-16(12-32)11-15-10-14-8-6-7-9-18(14)34-22(15)37/h6-10,16-17,19-21H,11,13H2,1-5H3,(H,33,38)(H,34,37)(H,35,40)/t16?,17-,19-,20-,21+/m0/s1. The van der Waals surface area contributed by atoms with Crippen molar-refractivity contribution < 1.29 is 27.6 Å². The third-order valence-electron chi connectivity index (χ3n) is 8.13. The summed E-state index contributed by atoms with van der Waals surface area (Å²) in [4.78, 5) is 55.5. The predicted octanol–water partition coefficient (Wildman–Crippen LogP) is 2.66. The number of halogens is 3. The van der Waals surface area contributed by atoms with Crippen molar-refractivity contribution in [2.75, 3.05) is 6.54 Å². The summed E-state index contributed by atoms with van der Waals surface area (Å²) in [5.74, 6) is -4.02. The van der Waals surface area contributed by atoms with Crippen molar-refractivity contribution >= 4 is 28.6 Å². The number of rotatable bonds is 6. The normalized spacial score (nSPS) is 23.1. The Bertz CT molecular complexity index is 1450. The molecule has 0 spiro atoms. The van der Waals surface area contributed by atoms with Crippen LogP contribution in [0.5, 0.6) is 0 Å². The minimum Gasteiger partial charge on any atom is -0.338 e. The van der Waals surface area contributed by atoms with Gasteiger partial charge in [0, 0.05) is 24.0 Å². The highest BCUT2D eigenvalue weighted by molar-refractivity contribution is 5.95. The van der Waals surface area contributed by atoms with Gasteiger partial charge in [-0.3, -0.25) is 19.2 Å². The summed E-state index contributed by atoms with van der Waals surface area (Å²) in [5, 5.41) is 15.0. The molecule has 1 saturated heterocycles. The van der Waals surface area contributed by atoms with Crippen LogP contribution in [0.2, 0.25) is 0 Å². The zero-order chi connectivity index (χ0) is 29.8. The molecule has 5 atom stereocenters. The Hall–Kier alpha value is -3.88. The highest BCUT2D eigenvalue weighted by Gasteiger charge is 2.70. The lowest BCUT2D eigenvalue weighted by Gasteiger charge is -2.37. The summed E-state index contributed by atoms with van der Waals surface area (Å²) in [6.45, 7) is 8.57. The number of amides is 3. The summed E-state index contributed by atoms with van der Waals surface area (Å²) in [6, 6.07) is 7.06. The molecule has 0 radical (unpaired) electrons. The van der Waals surface area contributed by atoms with Crippen molar-refractivity contribution in [3.05, 3.63) is 46.2 Å². The lowest BCUT2D eigenvalue weighted by Crippen LogP contribution is -2.61. The van der Waals surface area contributed by atoms with Crippen molar-refractivity contribution in [3.8, 4) is 6.07 Å². The molecule has 1 saturated carbocycles. The van der Waals surface area contributed by atoms with E-state index in [1.165, 1.54) is 25.7 Å². The zero-order valence-electron chi connectivity index (χ0n) is 22.8. The van der Waals surface area contributed by atoms with Crippen LogP contribution in [-0.2, 0) is 20.8 Å². The second-order valence-corrected chi connectivity index (χ2v) is 12.3. The van der Waals surface area contributed by atoms with Crippen LogP contribution in [0.4, 0.5) is 13.2 Å². The summed E-state index contributed by atoms with van der Waals surface area (Å²) in [6.07, 6.45) is -5.27. The average molecular weight is 560 g/mol. The SMILES string of the molecule is CC(C)(C)[C@H](NC(=O)C(F)(F)F)C(=O)N1C[C@H]2[C@@H]([C@H]1C(=O)NC(C#N)Cc1cc3ccccc3[nH]c1=O)C2(C)C. The number of hydrogen-bond donors (Lipinski definition) is 3. The third kappa shape index (κ3) is 5.42. The quantitative estimate of drug-likeness (QED) is 0.500. The van der Waals surface area contributed by atoms with Gasteiger partial charge in [0.25, 0.3) is 5.56 Å². The molecule has 3 amide bonds. The lowest BCUT2D eigenvalue weighted by molar-refractivity contribution is -0.176. The summed E-state index contributed by atoms with van der Waals surface area (Å²) >= 11 is 0. The highest BCUT2D eigenvalue weighted by atomic mass is 19.4. The number of hydrogen-bond acceptors (Lipinski definition) is 5. The molecule has 0 bridgehead atoms. The number of nitriles is 1. The highest BCUT2D eigenvalue weighted by Crippen LogP contribution is 2.65. The molecule has 1 aromatic heterocycles. The van der Waals surface area contributed by atoms with Gasteiger partial charge in [-0.25, -0.2) is 0 Å². The Morgan fingerprint density at radius 3 is 2.42 bits per heavy atom. The first-order chi connectivity index (χ1) is 18.5. The van der Waals surface area contributed by atoms with Crippen LogP contribution in [0.3, 0.4) is 0 Å². The second kappa shape index (κ2) is 9.94. The third-order valence-corrected chi connectivity index (χ3v) is 8.13. The molecule has 3 N–H and O–H groups in total. The van der Waals surface area contributed by atoms with Gasteiger partial charge in [0.1, 0.15) is 18.1 Å². The molecule has 214 valence electrons. The number of fused-ring (bicyclic) bond motifs is 2. The summed E-state index contributed by atoms with van der Waals surface area (Å²) in [7, 11) is 0. The minimum atomic E-state index is -5.18. The number of nitrogens with one attached hydrogen (secondary N) is 3. The van der Waals surface area contributed by atoms with Crippen LogP contribution in [0.25, 0.3) is 10.9 Å². The van der Waals surface area contributed by atoms with E-state index < -0.39 is 53.0 Å². The maximum absolute atomic E-state index is 13.6. The molecule has 2 fully saturated rings. The van der Waals surface area contributed by atoms with E-state index in [0.29, 0.717) is 5.52 Å². The van der Waals surface area contributed by atoms with Crippen LogP contribution in [0, 0.1) is 34.0 Å². The molecular weight excluding hydrogens is 527 g/mol. The fraction of sp³-hybridized carbons (Fsp3) is 0.536. The van der Waals surface area contributed by atoms with Gasteiger partial charge in [0.2, 0.25) is 11.8 Å². The van der Waals surface area contributed by atoms with Crippen molar-refractivity contribution in [2.24, 2.45) is 22.7 Å². The maximum atomic E-state index is 13.6. The first-order valence-corrected chi connectivity index (χ1v) is 13.0. The Kier molecular flexibility index (Phi) is 7.24. The molecule has 1 aromatic carbocycles. The van der Waals surface area contributed by atoms with Gasteiger partial charge in [0.05, 0.1) is 6.07 Å². The monoisotopic (exact) mass is 559 g/mol. The summed E-state index contributed by atoms with van der Waals surface area (Å²) < 4.78 is 39.1. The molecule has 1 unspecified atom stereocenters. The number of likely N-dealkylation sites (tertiary alicyclic amines) is 1. The first kappa shape index (κ1) is 29.1. The van der Waals surface area contributed by atoms with E-state index in [-0.39, 0.29) is 35.8 Å². The number of para-hydroxylation sites is 1. The Balaban J connectivity index is 1.57. The van der Waals surface area contributed by atoms with Crippen molar-refractivity contribution in [1.29, 1.82) is 5.26 Å². The van der Waals surface area contributed by atoms with E-state index in [2.05, 4.69) is 10.3 Å². The molecule has 1 aliphatic carbocycles. The Morgan fingerprint density at radius 1 is 1.18 bits per heavy atom. The number of alkyl halides is 3. The van der Waals surface area contributed by atoms with E-state index in [1.807, 2.05) is 25.2 Å². The number of carbonyl (C=O) groups is 3. The molecule has 2 heterocycles. The van der Waals surface area contributed by atoms with Crippen LogP contribution in [0.1, 0.15) is 40.2 Å². The van der Waals surface area contributed by atoms with E-state index in [9.17, 15) is 37.6 Å². The second-order valence-electron chi connectivity index (χ2n) is 12.3. The number of nitrogens with zero attached hydrogens (tertiary/aromatic N) is 2. The van der Waals surface area contributed by atoms with E-state index in [4.69, 9.17) is 0 Å². The zero-order valence-corrected chi connectivity index (χ0v) is 22.8. The van der Waals surface area contributed by atoms with Crippen LogP contribution < -0.4 is 16.2 Å². The first-order valence-electron chi connectivity index (χ1n) is 13.0. The number of aromatic nitrogens is 1. The van der Waals surface area contributed by atoms with Gasteiger partial charge in [-0.2, -0.15) is 18.4 Å². The number of piperidine rings is 1. The van der Waals surface area contributed by atoms with Gasteiger partial charge in [-0.1, -0.05) is 52.8 Å². The molecule has 2 aliphatic rings. The van der Waals surface area contributed by atoms with Crippen LogP contribution >= 0.6 is 0 Å². The van der Waals surface area contributed by atoms with Gasteiger partial charge in [-0.05, 0) is 40.2 Å². The number of H-pyrrole nitrogens is 1. The molecule has 1 aliphatic heterocycles. The molecular formula is C28H32F3N5O4. The Morgan fingerprint density at radius 2 is 1.82 bits per heavy atom. The number of benzene rings is 1. The topological polar surface area (TPSA) is 135 Å². The molecule has 4 rings (SSSR count). The molecule has 40 heavy (non-hydrogen) atoms. The summed E-state index contributed by atoms with van der Waals surface area (Å²) in [5.41, 5.74) is -0.877. The predicted molar refractivity (Wildman–Crippen MR) is 140 cm³/mol. The van der Waals surface area contributed by atoms with E-state index >= 15 is 0 Å². The van der Waals surface area contributed by atoms with Gasteiger partial charge >= 0.3 is 12.1 Å². The fourth-order valence-corrected chi connectivity index (χ4v) is 5.79. The van der Waals surface area contributed by atoms with Crippen molar-refractivity contribution in [3.63, 3.8) is 0 Å². The van der Waals surface area contributed by atoms with Gasteiger partial charge in [-0.15, -0.1) is 0 Å². The average Bonchev–Trinajstić information content (AvgIpc) is 3.18. The molecule has 2 aromatic rings. The van der Waals surface area contributed by atoms with Gasteiger partial charge in [0.15, 0.2) is 0 Å². The Labute approximate surface area is 229 Å². The fourth-order valence-electron chi connectivity index (χ4n) is 5.79. The van der Waals surface area contributed by atoms with Crippen molar-refractivity contribution in [2.45, 2.75) is 65.3 Å². The minimum absolute atomic E-state index is 0.0741. The largest absolute Gasteiger partial charge is 0.471 e. The van der Waals surface area contributed by atoms with E-state index in [1.54, 1.807) is 30.3 Å². The molecule has 12 heteroatoms. The lowest BCUT2D eigenvalue weighted by atomic mass is 9.85. The van der Waals surface area contributed by atoms with E-state index in [0.717, 1.165) is 5.39 Å². The van der Waals surface area contributed by atoms with Crippen molar-refractivity contribution in [1.82, 2.24) is 20.5 Å². The maximum Gasteiger partial charge on any atom is 0.471 e. The number of carbonyl (C=O) groups excluding carboxylic acids is 3. The van der Waals surface area contributed by atoms with Gasteiger partial charge < -0.3 is 20.5 Å².